The van der Waals surface area contributed by atoms with E-state index in [1.54, 1.807) is 0 Å². The number of hydrogen-bond acceptors (Lipinski definition) is 2. The molecule has 1 aliphatic carbocycles. The van der Waals surface area contributed by atoms with Gasteiger partial charge in [-0.3, -0.25) is 0 Å². The predicted octanol–water partition coefficient (Wildman–Crippen LogP) is 3.92. The van der Waals surface area contributed by atoms with Gasteiger partial charge in [0.2, 0.25) is 0 Å². The van der Waals surface area contributed by atoms with Crippen molar-refractivity contribution in [3.63, 3.8) is 0 Å². The van der Waals surface area contributed by atoms with Gasteiger partial charge in [0.05, 0.1) is 23.2 Å². The van der Waals surface area contributed by atoms with Crippen LogP contribution in [0.3, 0.4) is 0 Å². The maximum atomic E-state index is 10.5. The summed E-state index contributed by atoms with van der Waals surface area (Å²) in [5, 5.41) is 15.9. The molecule has 3 rings (SSSR count). The highest BCUT2D eigenvalue weighted by Crippen LogP contribution is 2.35. The average Bonchev–Trinajstić information content (AvgIpc) is 2.81. The van der Waals surface area contributed by atoms with E-state index in [0.29, 0.717) is 13.1 Å². The second kappa shape index (κ2) is 6.46. The minimum atomic E-state index is -0.424. The normalized spacial score (nSPS) is 16.6. The highest BCUT2D eigenvalue weighted by Gasteiger charge is 2.23. The van der Waals surface area contributed by atoms with Crippen molar-refractivity contribution in [1.29, 1.82) is 0 Å². The summed E-state index contributed by atoms with van der Waals surface area (Å²) >= 11 is 6.50. The summed E-state index contributed by atoms with van der Waals surface area (Å²) in [6.07, 6.45) is 4.24. The van der Waals surface area contributed by atoms with Crippen molar-refractivity contribution in [1.82, 2.24) is 9.88 Å². The molecule has 0 spiro atoms. The first-order valence-corrected chi connectivity index (χ1v) is 8.96. The number of aromatic nitrogens is 1. The molecular formula is C19H27ClN2O. The Morgan fingerprint density at radius 2 is 2.00 bits per heavy atom. The van der Waals surface area contributed by atoms with E-state index in [1.165, 1.54) is 29.5 Å². The van der Waals surface area contributed by atoms with Crippen molar-refractivity contribution in [2.75, 3.05) is 6.54 Å². The zero-order chi connectivity index (χ0) is 16.6. The molecule has 2 N–H and O–H groups in total. The van der Waals surface area contributed by atoms with Gasteiger partial charge >= 0.3 is 0 Å². The van der Waals surface area contributed by atoms with Crippen molar-refractivity contribution < 1.29 is 5.11 Å². The Hall–Kier alpha value is -1.03. The lowest BCUT2D eigenvalue weighted by molar-refractivity contribution is 0.142. The quantitative estimate of drug-likeness (QED) is 0.889. The van der Waals surface area contributed by atoms with Crippen LogP contribution in [0.5, 0.6) is 0 Å². The number of nitrogens with zero attached hydrogens (tertiary/aromatic N) is 1. The second-order valence-corrected chi connectivity index (χ2v) is 8.07. The van der Waals surface area contributed by atoms with Crippen LogP contribution in [-0.4, -0.2) is 27.9 Å². The number of fused-ring (bicyclic) bond motifs is 3. The number of aliphatic hydroxyl groups is 1. The number of rotatable bonds is 4. The third-order valence-corrected chi connectivity index (χ3v) is 4.91. The number of para-hydroxylation sites is 1. The Kier molecular flexibility index (Phi) is 4.73. The van der Waals surface area contributed by atoms with Gasteiger partial charge in [0.1, 0.15) is 0 Å². The number of hydrogen-bond donors (Lipinski definition) is 2. The topological polar surface area (TPSA) is 37.2 Å². The Morgan fingerprint density at radius 1 is 1.26 bits per heavy atom. The monoisotopic (exact) mass is 334 g/mol. The molecule has 0 bridgehead atoms. The average molecular weight is 335 g/mol. The van der Waals surface area contributed by atoms with E-state index in [9.17, 15) is 5.11 Å². The van der Waals surface area contributed by atoms with Gasteiger partial charge in [0.25, 0.3) is 0 Å². The van der Waals surface area contributed by atoms with Gasteiger partial charge in [-0.2, -0.15) is 0 Å². The van der Waals surface area contributed by atoms with E-state index in [4.69, 9.17) is 11.6 Å². The van der Waals surface area contributed by atoms with Gasteiger partial charge in [-0.15, -0.1) is 0 Å². The fraction of sp³-hybridized carbons (Fsp3) is 0.579. The first-order valence-electron chi connectivity index (χ1n) is 8.58. The van der Waals surface area contributed by atoms with E-state index < -0.39 is 6.10 Å². The first-order chi connectivity index (χ1) is 10.9. The van der Waals surface area contributed by atoms with Crippen LogP contribution in [0.15, 0.2) is 18.2 Å². The van der Waals surface area contributed by atoms with Crippen LogP contribution < -0.4 is 5.32 Å². The number of aliphatic hydroxyl groups excluding tert-OH is 1. The first kappa shape index (κ1) is 16.8. The fourth-order valence-electron chi connectivity index (χ4n) is 3.55. The lowest BCUT2D eigenvalue weighted by Gasteiger charge is -2.24. The van der Waals surface area contributed by atoms with Crippen molar-refractivity contribution in [3.05, 3.63) is 34.5 Å². The Bertz CT molecular complexity index is 699. The second-order valence-electron chi connectivity index (χ2n) is 7.66. The van der Waals surface area contributed by atoms with E-state index >= 15 is 0 Å². The lowest BCUT2D eigenvalue weighted by Crippen LogP contribution is -2.42. The molecule has 1 unspecified atom stereocenters. The third-order valence-electron chi connectivity index (χ3n) is 4.61. The molecular weight excluding hydrogens is 308 g/mol. The van der Waals surface area contributed by atoms with Gasteiger partial charge < -0.3 is 15.0 Å². The van der Waals surface area contributed by atoms with E-state index in [2.05, 4.69) is 36.7 Å². The van der Waals surface area contributed by atoms with Crippen LogP contribution in [0.2, 0.25) is 5.02 Å². The number of nitrogens with one attached hydrogen (secondary N) is 1. The van der Waals surface area contributed by atoms with Crippen molar-refractivity contribution >= 4 is 22.5 Å². The molecule has 0 radical (unpaired) electrons. The molecule has 126 valence electrons. The summed E-state index contributed by atoms with van der Waals surface area (Å²) in [6, 6.07) is 6.15. The van der Waals surface area contributed by atoms with Crippen LogP contribution in [-0.2, 0) is 19.4 Å². The van der Waals surface area contributed by atoms with E-state index in [1.807, 2.05) is 12.1 Å². The SMILES string of the molecule is CC(C)(C)NCC(O)Cn1c2c(c3cccc(Cl)c31)CCCC2. The molecule has 0 amide bonds. The van der Waals surface area contributed by atoms with Crippen LogP contribution >= 0.6 is 11.6 Å². The van der Waals surface area contributed by atoms with Crippen LogP contribution in [0.25, 0.3) is 10.9 Å². The van der Waals surface area contributed by atoms with Gasteiger partial charge in [-0.25, -0.2) is 0 Å². The minimum absolute atomic E-state index is 0.0107. The Morgan fingerprint density at radius 3 is 2.74 bits per heavy atom. The molecule has 1 heterocycles. The van der Waals surface area contributed by atoms with E-state index in [-0.39, 0.29) is 5.54 Å². The molecule has 23 heavy (non-hydrogen) atoms. The molecule has 4 heteroatoms. The van der Waals surface area contributed by atoms with Gasteiger partial charge in [0, 0.05) is 23.2 Å². The van der Waals surface area contributed by atoms with Crippen molar-refractivity contribution in [2.45, 2.75) is 64.6 Å². The number of halogens is 1. The molecule has 1 aliphatic rings. The lowest BCUT2D eigenvalue weighted by atomic mass is 9.95. The maximum Gasteiger partial charge on any atom is 0.0843 e. The van der Waals surface area contributed by atoms with Gasteiger partial charge in [-0.05, 0) is 58.1 Å². The van der Waals surface area contributed by atoms with E-state index in [0.717, 1.165) is 23.4 Å². The summed E-state index contributed by atoms with van der Waals surface area (Å²) in [7, 11) is 0. The van der Waals surface area contributed by atoms with Crippen molar-refractivity contribution in [3.8, 4) is 0 Å². The molecule has 0 saturated carbocycles. The van der Waals surface area contributed by atoms with Gasteiger partial charge in [0.15, 0.2) is 0 Å². The predicted molar refractivity (Wildman–Crippen MR) is 97.4 cm³/mol. The molecule has 0 aliphatic heterocycles. The third kappa shape index (κ3) is 3.57. The maximum absolute atomic E-state index is 10.5. The fourth-order valence-corrected chi connectivity index (χ4v) is 3.82. The summed E-state index contributed by atoms with van der Waals surface area (Å²) in [5.74, 6) is 0. The zero-order valence-corrected chi connectivity index (χ0v) is 15.1. The largest absolute Gasteiger partial charge is 0.390 e. The molecule has 2 aromatic rings. The molecule has 1 aromatic heterocycles. The molecule has 0 saturated heterocycles. The molecule has 3 nitrogen and oxygen atoms in total. The Balaban J connectivity index is 1.93. The Labute approximate surface area is 143 Å². The summed E-state index contributed by atoms with van der Waals surface area (Å²) in [4.78, 5) is 0. The van der Waals surface area contributed by atoms with Gasteiger partial charge in [-0.1, -0.05) is 23.7 Å². The highest BCUT2D eigenvalue weighted by molar-refractivity contribution is 6.35. The van der Waals surface area contributed by atoms with Crippen LogP contribution in [0, 0.1) is 0 Å². The van der Waals surface area contributed by atoms with Crippen LogP contribution in [0.4, 0.5) is 0 Å². The molecule has 1 atom stereocenters. The summed E-state index contributed by atoms with van der Waals surface area (Å²) < 4.78 is 2.27. The number of benzene rings is 1. The van der Waals surface area contributed by atoms with Crippen LogP contribution in [0.1, 0.15) is 44.9 Å². The molecule has 1 aromatic carbocycles. The summed E-state index contributed by atoms with van der Waals surface area (Å²) in [6.45, 7) is 7.53. The van der Waals surface area contributed by atoms with Crippen molar-refractivity contribution in [2.24, 2.45) is 0 Å². The zero-order valence-electron chi connectivity index (χ0n) is 14.3. The highest BCUT2D eigenvalue weighted by atomic mass is 35.5. The summed E-state index contributed by atoms with van der Waals surface area (Å²) in [5.41, 5.74) is 3.91. The number of β-amino-alcohol motifs (C(OH)–C–C–N with tert-alkyl or cyclic N) is 1. The minimum Gasteiger partial charge on any atom is -0.390 e. The smallest absolute Gasteiger partial charge is 0.0843 e. The standard InChI is InChI=1S/C19H27ClN2O/c1-19(2,3)21-11-13(23)12-22-17-10-5-4-7-14(17)15-8-6-9-16(20)18(15)22/h6,8-9,13,21,23H,4-5,7,10-12H2,1-3H3. The number of aryl methyl sites for hydroxylation is 1. The molecule has 0 fully saturated rings.